The van der Waals surface area contributed by atoms with E-state index < -0.39 is 0 Å². The summed E-state index contributed by atoms with van der Waals surface area (Å²) in [7, 11) is 0. The Morgan fingerprint density at radius 1 is 0.900 bits per heavy atom. The van der Waals surface area contributed by atoms with Gasteiger partial charge in [-0.05, 0) is 19.3 Å². The summed E-state index contributed by atoms with van der Waals surface area (Å²) < 4.78 is 0. The highest BCUT2D eigenvalue weighted by atomic mass is 13.9. The molecule has 0 aliphatic heterocycles. The highest BCUT2D eigenvalue weighted by Gasteiger charge is 1.82. The van der Waals surface area contributed by atoms with E-state index in [1.807, 2.05) is 0 Å². The first-order chi connectivity index (χ1) is 4.91. The molecule has 0 radical (unpaired) electrons. The Morgan fingerprint density at radius 3 is 2.30 bits per heavy atom. The van der Waals surface area contributed by atoms with Crippen molar-refractivity contribution < 1.29 is 0 Å². The smallest absolute Gasteiger partial charge is 0.0351 e. The second kappa shape index (κ2) is 8.74. The monoisotopic (exact) mass is 140 g/mol. The van der Waals surface area contributed by atoms with Gasteiger partial charge in [-0.3, -0.25) is 0 Å². The summed E-state index contributed by atoms with van der Waals surface area (Å²) in [6.45, 7) is 4.43. The van der Waals surface area contributed by atoms with Gasteiger partial charge in [0.1, 0.15) is 0 Å². The van der Waals surface area contributed by atoms with Crippen molar-refractivity contribution in [1.29, 1.82) is 0 Å². The van der Waals surface area contributed by atoms with Crippen LogP contribution in [0.3, 0.4) is 0 Å². The number of hydrogen-bond donors (Lipinski definition) is 0. The van der Waals surface area contributed by atoms with Gasteiger partial charge in [-0.15, -0.1) is 0 Å². The molecule has 0 unspecified atom stereocenters. The Kier molecular flexibility index (Phi) is 8.51. The maximum absolute atomic E-state index is 2.30. The van der Waals surface area contributed by atoms with Gasteiger partial charge in [0.15, 0.2) is 0 Å². The van der Waals surface area contributed by atoms with Crippen LogP contribution < -0.4 is 0 Å². The van der Waals surface area contributed by atoms with Gasteiger partial charge in [-0.1, -0.05) is 45.3 Å². The van der Waals surface area contributed by atoms with Crippen molar-refractivity contribution in [3.05, 3.63) is 12.2 Å². The molecule has 0 fully saturated rings. The summed E-state index contributed by atoms with van der Waals surface area (Å²) >= 11 is 0. The standard InChI is InChI=1S/C10H20/c1-3-5-7-9-10-8-6-4-2/h5,7H,3-4,6,8-10H2,1-2H3/b7-5-. The third kappa shape index (κ3) is 7.74. The zero-order chi connectivity index (χ0) is 7.66. The maximum Gasteiger partial charge on any atom is -0.0351 e. The van der Waals surface area contributed by atoms with Crippen LogP contribution in [0.25, 0.3) is 0 Å². The number of hydrogen-bond acceptors (Lipinski definition) is 0. The van der Waals surface area contributed by atoms with Gasteiger partial charge in [0.05, 0.1) is 0 Å². The van der Waals surface area contributed by atoms with Crippen molar-refractivity contribution in [3.8, 4) is 0 Å². The lowest BCUT2D eigenvalue weighted by Gasteiger charge is -1.92. The average Bonchev–Trinajstić information content (AvgIpc) is 1.97. The van der Waals surface area contributed by atoms with Crippen LogP contribution in [-0.2, 0) is 0 Å². The van der Waals surface area contributed by atoms with Crippen molar-refractivity contribution in [2.24, 2.45) is 0 Å². The molecule has 0 heteroatoms. The zero-order valence-corrected chi connectivity index (χ0v) is 7.40. The molecule has 0 N–H and O–H groups in total. The van der Waals surface area contributed by atoms with E-state index in [9.17, 15) is 0 Å². The van der Waals surface area contributed by atoms with Crippen LogP contribution in [0.15, 0.2) is 12.2 Å². The van der Waals surface area contributed by atoms with Crippen LogP contribution in [0.2, 0.25) is 0 Å². The Morgan fingerprint density at radius 2 is 1.70 bits per heavy atom. The van der Waals surface area contributed by atoms with Gasteiger partial charge in [0.2, 0.25) is 0 Å². The van der Waals surface area contributed by atoms with Gasteiger partial charge >= 0.3 is 0 Å². The summed E-state index contributed by atoms with van der Waals surface area (Å²) in [5, 5.41) is 0. The fourth-order valence-electron chi connectivity index (χ4n) is 0.973. The molecule has 0 saturated carbocycles. The highest BCUT2D eigenvalue weighted by Crippen LogP contribution is 2.02. The topological polar surface area (TPSA) is 0 Å². The second-order valence-electron chi connectivity index (χ2n) is 2.73. The molecule has 0 bridgehead atoms. The maximum atomic E-state index is 2.30. The molecule has 0 aromatic heterocycles. The van der Waals surface area contributed by atoms with Gasteiger partial charge in [-0.2, -0.15) is 0 Å². The van der Waals surface area contributed by atoms with E-state index in [1.165, 1.54) is 38.5 Å². The Hall–Kier alpha value is -0.260. The van der Waals surface area contributed by atoms with Crippen molar-refractivity contribution in [3.63, 3.8) is 0 Å². The number of unbranched alkanes of at least 4 members (excludes halogenated alkanes) is 4. The molecule has 0 atom stereocenters. The molecule has 0 heterocycles. The summed E-state index contributed by atoms with van der Waals surface area (Å²) in [5.74, 6) is 0. The second-order valence-corrected chi connectivity index (χ2v) is 2.73. The third-order valence-corrected chi connectivity index (χ3v) is 1.63. The first-order valence-electron chi connectivity index (χ1n) is 4.56. The molecule has 10 heavy (non-hydrogen) atoms. The predicted octanol–water partition coefficient (Wildman–Crippen LogP) is 3.92. The minimum Gasteiger partial charge on any atom is -0.0888 e. The molecular weight excluding hydrogens is 120 g/mol. The summed E-state index contributed by atoms with van der Waals surface area (Å²) in [5.41, 5.74) is 0. The van der Waals surface area contributed by atoms with E-state index in [4.69, 9.17) is 0 Å². The van der Waals surface area contributed by atoms with E-state index in [2.05, 4.69) is 26.0 Å². The Balaban J connectivity index is 2.83. The minimum atomic E-state index is 1.19. The van der Waals surface area contributed by atoms with Crippen molar-refractivity contribution in [2.45, 2.75) is 52.4 Å². The average molecular weight is 140 g/mol. The van der Waals surface area contributed by atoms with E-state index >= 15 is 0 Å². The molecule has 0 amide bonds. The minimum absolute atomic E-state index is 1.19. The largest absolute Gasteiger partial charge is 0.0888 e. The van der Waals surface area contributed by atoms with E-state index in [0.717, 1.165) is 0 Å². The summed E-state index contributed by atoms with van der Waals surface area (Å²) in [6, 6.07) is 0. The third-order valence-electron chi connectivity index (χ3n) is 1.63. The van der Waals surface area contributed by atoms with Gasteiger partial charge in [0.25, 0.3) is 0 Å². The van der Waals surface area contributed by atoms with Crippen molar-refractivity contribution >= 4 is 0 Å². The van der Waals surface area contributed by atoms with Crippen LogP contribution in [0.1, 0.15) is 52.4 Å². The molecule has 0 spiro atoms. The van der Waals surface area contributed by atoms with Crippen molar-refractivity contribution in [1.82, 2.24) is 0 Å². The van der Waals surface area contributed by atoms with Crippen molar-refractivity contribution in [2.75, 3.05) is 0 Å². The molecule has 0 nitrogen and oxygen atoms in total. The Labute approximate surface area is 65.3 Å². The highest BCUT2D eigenvalue weighted by molar-refractivity contribution is 4.79. The SMILES string of the molecule is CC/C=C\CCCCCC. The first kappa shape index (κ1) is 9.74. The van der Waals surface area contributed by atoms with E-state index in [-0.39, 0.29) is 0 Å². The van der Waals surface area contributed by atoms with E-state index in [1.54, 1.807) is 0 Å². The zero-order valence-electron chi connectivity index (χ0n) is 7.40. The lowest BCUT2D eigenvalue weighted by atomic mass is 10.1. The fourth-order valence-corrected chi connectivity index (χ4v) is 0.973. The predicted molar refractivity (Wildman–Crippen MR) is 48.2 cm³/mol. The fraction of sp³-hybridized carbons (Fsp3) is 0.800. The Bertz CT molecular complexity index is 72.1. The first-order valence-corrected chi connectivity index (χ1v) is 4.56. The van der Waals surface area contributed by atoms with Gasteiger partial charge < -0.3 is 0 Å². The van der Waals surface area contributed by atoms with Crippen LogP contribution >= 0.6 is 0 Å². The van der Waals surface area contributed by atoms with Crippen LogP contribution in [0, 0.1) is 0 Å². The quantitative estimate of drug-likeness (QED) is 0.387. The molecule has 60 valence electrons. The summed E-state index contributed by atoms with van der Waals surface area (Å²) in [6.07, 6.45) is 12.6. The van der Waals surface area contributed by atoms with E-state index in [0.29, 0.717) is 0 Å². The molecule has 0 aliphatic rings. The molecule has 0 saturated heterocycles. The van der Waals surface area contributed by atoms with Gasteiger partial charge in [0, 0.05) is 0 Å². The van der Waals surface area contributed by atoms with Gasteiger partial charge in [-0.25, -0.2) is 0 Å². The molecule has 0 aliphatic carbocycles. The number of allylic oxidation sites excluding steroid dienone is 2. The molecule has 0 aromatic carbocycles. The van der Waals surface area contributed by atoms with Crippen LogP contribution in [-0.4, -0.2) is 0 Å². The lowest BCUT2D eigenvalue weighted by molar-refractivity contribution is 0.674. The number of rotatable bonds is 6. The lowest BCUT2D eigenvalue weighted by Crippen LogP contribution is -1.73. The normalized spacial score (nSPS) is 11.0. The molecule has 0 aromatic rings. The van der Waals surface area contributed by atoms with Crippen LogP contribution in [0.5, 0.6) is 0 Å². The summed E-state index contributed by atoms with van der Waals surface area (Å²) in [4.78, 5) is 0. The van der Waals surface area contributed by atoms with Crippen LogP contribution in [0.4, 0.5) is 0 Å². The molecular formula is C10H20. The molecule has 0 rings (SSSR count).